The number of aryl methyl sites for hydroxylation is 1. The van der Waals surface area contributed by atoms with Gasteiger partial charge in [0.1, 0.15) is 6.90 Å². The van der Waals surface area contributed by atoms with Gasteiger partial charge < -0.3 is 5.32 Å². The summed E-state index contributed by atoms with van der Waals surface area (Å²) in [5.74, 6) is -0.0526. The number of hydrogen-bond donors (Lipinski definition) is 2. The van der Waals surface area contributed by atoms with E-state index in [1.807, 2.05) is 6.21 Å². The monoisotopic (exact) mass is 953 g/mol. The molecule has 0 aliphatic carbocycles. The summed E-state index contributed by atoms with van der Waals surface area (Å²) in [4.78, 5) is 0. The fourth-order valence-electron chi connectivity index (χ4n) is 2.50. The van der Waals surface area contributed by atoms with Crippen molar-refractivity contribution in [3.63, 3.8) is 0 Å². The number of halogens is 6. The minimum absolute atomic E-state index is 0.0348. The van der Waals surface area contributed by atoms with E-state index in [1.165, 1.54) is 12.8 Å². The Labute approximate surface area is 231 Å². The van der Waals surface area contributed by atoms with Crippen molar-refractivity contribution >= 4 is 132 Å². The number of hydrogen-bond acceptors (Lipinski definition) is 3. The average molecular weight is 953 g/mol. The zero-order valence-corrected chi connectivity index (χ0v) is 26.0. The molecule has 0 spiro atoms. The average Bonchev–Trinajstić information content (AvgIpc) is 2.70. The maximum atomic E-state index is 13.1. The van der Waals surface area contributed by atoms with Crippen LogP contribution < -0.4 is 10.7 Å². The molecule has 0 unspecified atom stereocenters. The number of hydrazone groups is 1. The minimum Gasteiger partial charge on any atom is -0.356 e. The van der Waals surface area contributed by atoms with Gasteiger partial charge in [0.25, 0.3) is 0 Å². The second-order valence-electron chi connectivity index (χ2n) is 5.92. The van der Waals surface area contributed by atoms with Gasteiger partial charge >= 0.3 is 0 Å². The highest BCUT2D eigenvalue weighted by atomic mass is 127. The number of allylic oxidation sites excluding steroid dienone is 1. The SMILES string of the molecule is CCc1cc(Nc2cccc(C(I)(I)I)c2)ccc1/C=N/NC1=IC=C(F)C=I1. The fourth-order valence-corrected chi connectivity index (χ4v) is 8.88. The molecule has 0 radical (unpaired) electrons. The lowest BCUT2D eigenvalue weighted by atomic mass is 10.0. The van der Waals surface area contributed by atoms with Gasteiger partial charge in [-0.3, -0.25) is 5.43 Å². The molecule has 3 nitrogen and oxygen atoms in total. The molecule has 0 amide bonds. The molecule has 1 aliphatic rings. The molecule has 0 saturated heterocycles. The molecule has 29 heavy (non-hydrogen) atoms. The van der Waals surface area contributed by atoms with E-state index in [-0.39, 0.29) is 46.7 Å². The number of benzene rings is 2. The molecule has 0 aromatic heterocycles. The van der Waals surface area contributed by atoms with Gasteiger partial charge in [-0.25, -0.2) is 4.39 Å². The summed E-state index contributed by atoms with van der Waals surface area (Å²) < 4.78 is 17.7. The largest absolute Gasteiger partial charge is 0.356 e. The Morgan fingerprint density at radius 3 is 2.62 bits per heavy atom. The minimum atomic E-state index is -0.371. The molecule has 2 aromatic rings. The third-order valence-corrected chi connectivity index (χ3v) is 12.3. The van der Waals surface area contributed by atoms with E-state index < -0.39 is 0 Å². The first-order chi connectivity index (χ1) is 13.8. The number of alkyl halides is 3. The Balaban J connectivity index is 1.72. The van der Waals surface area contributed by atoms with Crippen molar-refractivity contribution in [2.24, 2.45) is 5.10 Å². The molecule has 1 aliphatic heterocycles. The van der Waals surface area contributed by atoms with E-state index in [0.29, 0.717) is 0 Å². The first-order valence-corrected chi connectivity index (χ1v) is 16.4. The van der Waals surface area contributed by atoms with Gasteiger partial charge in [-0.1, -0.05) is 66.6 Å². The van der Waals surface area contributed by atoms with Crippen LogP contribution in [0.5, 0.6) is 0 Å². The van der Waals surface area contributed by atoms with Crippen LogP contribution in [0.4, 0.5) is 15.8 Å². The number of anilines is 2. The van der Waals surface area contributed by atoms with Crippen molar-refractivity contribution in [1.82, 2.24) is 5.43 Å². The van der Waals surface area contributed by atoms with Crippen molar-refractivity contribution < 1.29 is 4.39 Å². The normalized spacial score (nSPS) is 14.5. The van der Waals surface area contributed by atoms with Gasteiger partial charge in [0, 0.05) is 19.5 Å². The lowest BCUT2D eigenvalue weighted by molar-refractivity contribution is 0.692. The van der Waals surface area contributed by atoms with Crippen LogP contribution in [0, 0.1) is 0 Å². The van der Waals surface area contributed by atoms with Crippen LogP contribution in [-0.4, -0.2) is 11.9 Å². The van der Waals surface area contributed by atoms with Crippen molar-refractivity contribution in [2.75, 3.05) is 5.32 Å². The summed E-state index contributed by atoms with van der Waals surface area (Å²) in [6, 6.07) is 14.9. The summed E-state index contributed by atoms with van der Waals surface area (Å²) in [5.41, 5.74) is 8.90. The Kier molecular flexibility index (Phi) is 9.75. The van der Waals surface area contributed by atoms with Crippen LogP contribution >= 0.6 is 109 Å². The highest BCUT2D eigenvalue weighted by Crippen LogP contribution is 2.46. The number of nitrogens with zero attached hydrogens (tertiary/aromatic N) is 1. The molecule has 9 heteroatoms. The standard InChI is InChI=1S/C20H17FI5N3/c1-2-13-8-18(28-17-5-3-4-15(9-17)20(22,23)24)7-6-14(13)12-27-29-19-25-10-16(21)11-26-19/h3-12,28-29H,2H2,1H3/b27-12+. The number of rotatable bonds is 7. The Hall–Kier alpha value is 0.770. The van der Waals surface area contributed by atoms with E-state index in [2.05, 4.69) is 133 Å². The van der Waals surface area contributed by atoms with Crippen LogP contribution in [0.15, 0.2) is 57.5 Å². The van der Waals surface area contributed by atoms with Crippen LogP contribution in [0.25, 0.3) is 0 Å². The highest BCUT2D eigenvalue weighted by molar-refractivity contribution is 14.3. The Morgan fingerprint density at radius 2 is 1.93 bits per heavy atom. The maximum absolute atomic E-state index is 13.1. The third-order valence-electron chi connectivity index (χ3n) is 3.86. The summed E-state index contributed by atoms with van der Waals surface area (Å²) in [7, 11) is 0. The smallest absolute Gasteiger partial charge is 0.149 e. The second kappa shape index (κ2) is 11.6. The quantitative estimate of drug-likeness (QED) is 0.0973. The third kappa shape index (κ3) is 7.69. The van der Waals surface area contributed by atoms with Crippen LogP contribution in [0.3, 0.4) is 0 Å². The first kappa shape index (κ1) is 24.4. The molecule has 1 heterocycles. The predicted octanol–water partition coefficient (Wildman–Crippen LogP) is 7.99. The molecular formula is C20H17FI5N3. The van der Waals surface area contributed by atoms with Gasteiger partial charge in [0.2, 0.25) is 0 Å². The predicted molar refractivity (Wildman–Crippen MR) is 168 cm³/mol. The van der Waals surface area contributed by atoms with Gasteiger partial charge in [-0.2, -0.15) is 5.10 Å². The van der Waals surface area contributed by atoms with Gasteiger partial charge in [0.05, 0.1) is 6.21 Å². The maximum Gasteiger partial charge on any atom is 0.149 e. The van der Waals surface area contributed by atoms with Crippen LogP contribution in [0.2, 0.25) is 0 Å². The molecular weight excluding hydrogens is 936 g/mol. The molecule has 3 rings (SSSR count). The van der Waals surface area contributed by atoms with E-state index in [0.717, 1.165) is 23.4 Å². The Bertz CT molecular complexity index is 1010. The van der Waals surface area contributed by atoms with Gasteiger partial charge in [-0.15, -0.1) is 0 Å². The lowest BCUT2D eigenvalue weighted by Crippen LogP contribution is -2.10. The van der Waals surface area contributed by atoms with Crippen molar-refractivity contribution in [3.8, 4) is 0 Å². The zero-order valence-electron chi connectivity index (χ0n) is 15.2. The first-order valence-electron chi connectivity index (χ1n) is 8.54. The molecule has 0 bridgehead atoms. The molecule has 154 valence electrons. The molecule has 0 fully saturated rings. The van der Waals surface area contributed by atoms with Crippen molar-refractivity contribution in [2.45, 2.75) is 12.8 Å². The lowest BCUT2D eigenvalue weighted by Gasteiger charge is -2.15. The van der Waals surface area contributed by atoms with E-state index in [9.17, 15) is 4.39 Å². The molecule has 2 N–H and O–H groups in total. The van der Waals surface area contributed by atoms with Gasteiger partial charge in [-0.05, 0) is 115 Å². The summed E-state index contributed by atoms with van der Waals surface area (Å²) in [6.45, 7) is 2.15. The molecule has 2 aromatic carbocycles. The molecule has 0 atom stereocenters. The summed E-state index contributed by atoms with van der Waals surface area (Å²) >= 11 is 6.58. The Morgan fingerprint density at radius 1 is 1.14 bits per heavy atom. The highest BCUT2D eigenvalue weighted by Gasteiger charge is 2.20. The second-order valence-corrected chi connectivity index (χ2v) is 23.7. The van der Waals surface area contributed by atoms with Crippen molar-refractivity contribution in [1.29, 1.82) is 0 Å². The number of nitrogens with one attached hydrogen (secondary N) is 2. The van der Waals surface area contributed by atoms with E-state index in [1.54, 1.807) is 8.09 Å². The van der Waals surface area contributed by atoms with Crippen molar-refractivity contribution in [3.05, 3.63) is 69.1 Å². The summed E-state index contributed by atoms with van der Waals surface area (Å²) in [5, 5.41) is 7.92. The van der Waals surface area contributed by atoms with Crippen LogP contribution in [-0.2, 0) is 5.86 Å². The van der Waals surface area contributed by atoms with Crippen LogP contribution in [0.1, 0.15) is 23.6 Å². The zero-order chi connectivity index (χ0) is 20.9. The summed E-state index contributed by atoms with van der Waals surface area (Å²) in [6.07, 6.45) is 2.79. The molecule has 0 saturated carbocycles. The fraction of sp³-hybridized carbons (Fsp3) is 0.150. The topological polar surface area (TPSA) is 36.4 Å². The van der Waals surface area contributed by atoms with E-state index >= 15 is 0 Å². The van der Waals surface area contributed by atoms with E-state index in [4.69, 9.17) is 0 Å². The van der Waals surface area contributed by atoms with Gasteiger partial charge in [0.15, 0.2) is 0 Å².